The predicted molar refractivity (Wildman–Crippen MR) is 66.3 cm³/mol. The lowest BCUT2D eigenvalue weighted by Crippen LogP contribution is -2.32. The molecule has 1 amide bonds. The second kappa shape index (κ2) is 5.08. The Morgan fingerprint density at radius 3 is 2.50 bits per heavy atom. The first-order valence-corrected chi connectivity index (χ1v) is 6.56. The maximum Gasteiger partial charge on any atom is 0.441 e. The summed E-state index contributed by atoms with van der Waals surface area (Å²) in [5.74, 6) is -2.86. The van der Waals surface area contributed by atoms with Crippen LogP contribution < -0.4 is 4.90 Å². The van der Waals surface area contributed by atoms with E-state index in [0.29, 0.717) is 5.56 Å². The summed E-state index contributed by atoms with van der Waals surface area (Å²) in [6.07, 6.45) is 0. The van der Waals surface area contributed by atoms with Gasteiger partial charge in [-0.1, -0.05) is 0 Å². The van der Waals surface area contributed by atoms with E-state index >= 15 is 0 Å². The lowest BCUT2D eigenvalue weighted by molar-refractivity contribution is -0.114. The standard InChI is InChI=1S/C12H9F4NO2S/c1-6-4-7(13)5-8-9(6)17(11(19)10(8)18)2-3-20-12(14,15)16/h4-5H,2-3H2,1H3. The van der Waals surface area contributed by atoms with Gasteiger partial charge in [-0.15, -0.1) is 0 Å². The van der Waals surface area contributed by atoms with Crippen molar-refractivity contribution >= 4 is 29.1 Å². The molecule has 0 unspecified atom stereocenters. The molecule has 8 heteroatoms. The van der Waals surface area contributed by atoms with Crippen molar-refractivity contribution in [2.45, 2.75) is 12.4 Å². The zero-order valence-corrected chi connectivity index (χ0v) is 11.1. The van der Waals surface area contributed by atoms with E-state index in [-0.39, 0.29) is 29.6 Å². The largest absolute Gasteiger partial charge is 0.441 e. The van der Waals surface area contributed by atoms with Crippen molar-refractivity contribution in [1.29, 1.82) is 0 Å². The Balaban J connectivity index is 2.25. The van der Waals surface area contributed by atoms with Crippen LogP contribution in [0.5, 0.6) is 0 Å². The van der Waals surface area contributed by atoms with Gasteiger partial charge in [-0.05, 0) is 36.4 Å². The van der Waals surface area contributed by atoms with E-state index in [4.69, 9.17) is 0 Å². The van der Waals surface area contributed by atoms with Gasteiger partial charge in [0.1, 0.15) is 5.82 Å². The fourth-order valence-corrected chi connectivity index (χ4v) is 2.58. The molecule has 1 aliphatic heterocycles. The van der Waals surface area contributed by atoms with E-state index in [1.54, 1.807) is 0 Å². The Bertz CT molecular complexity index is 586. The van der Waals surface area contributed by atoms with E-state index in [0.717, 1.165) is 17.0 Å². The van der Waals surface area contributed by atoms with Crippen LogP contribution in [0.3, 0.4) is 0 Å². The molecule has 1 aromatic rings. The van der Waals surface area contributed by atoms with Gasteiger partial charge in [0.25, 0.3) is 11.7 Å². The molecule has 3 nitrogen and oxygen atoms in total. The number of halogens is 4. The minimum atomic E-state index is -4.40. The van der Waals surface area contributed by atoms with Crippen LogP contribution in [-0.4, -0.2) is 29.5 Å². The molecule has 108 valence electrons. The van der Waals surface area contributed by atoms with Gasteiger partial charge >= 0.3 is 5.51 Å². The van der Waals surface area contributed by atoms with Crippen LogP contribution in [0.15, 0.2) is 12.1 Å². The van der Waals surface area contributed by atoms with Gasteiger partial charge in [0.15, 0.2) is 0 Å². The average molecular weight is 307 g/mol. The molecule has 0 fully saturated rings. The maximum absolute atomic E-state index is 13.2. The van der Waals surface area contributed by atoms with E-state index in [2.05, 4.69) is 0 Å². The number of hydrogen-bond acceptors (Lipinski definition) is 3. The number of amides is 1. The smallest absolute Gasteiger partial charge is 0.304 e. The number of anilines is 1. The topological polar surface area (TPSA) is 37.4 Å². The molecule has 0 aromatic heterocycles. The first-order valence-electron chi connectivity index (χ1n) is 5.58. The molecule has 0 N–H and O–H groups in total. The molecular weight excluding hydrogens is 298 g/mol. The fourth-order valence-electron chi connectivity index (χ4n) is 2.07. The highest BCUT2D eigenvalue weighted by atomic mass is 32.2. The van der Waals surface area contributed by atoms with Crippen LogP contribution in [0.2, 0.25) is 0 Å². The average Bonchev–Trinajstić information content (AvgIpc) is 2.53. The third-order valence-electron chi connectivity index (χ3n) is 2.80. The number of rotatable bonds is 3. The van der Waals surface area contributed by atoms with Crippen molar-refractivity contribution in [3.8, 4) is 0 Å². The first-order chi connectivity index (χ1) is 9.20. The SMILES string of the molecule is Cc1cc(F)cc2c1N(CCSC(F)(F)F)C(=O)C2=O. The van der Waals surface area contributed by atoms with E-state index in [1.807, 2.05) is 0 Å². The fraction of sp³-hybridized carbons (Fsp3) is 0.333. The summed E-state index contributed by atoms with van der Waals surface area (Å²) in [7, 11) is 0. The summed E-state index contributed by atoms with van der Waals surface area (Å²) >= 11 is -0.272. The first kappa shape index (κ1) is 14.8. The summed E-state index contributed by atoms with van der Waals surface area (Å²) in [4.78, 5) is 24.4. The van der Waals surface area contributed by atoms with Crippen molar-refractivity contribution in [2.24, 2.45) is 0 Å². The number of thioether (sulfide) groups is 1. The third-order valence-corrected chi connectivity index (χ3v) is 3.51. The number of alkyl halides is 3. The van der Waals surface area contributed by atoms with Crippen molar-refractivity contribution in [2.75, 3.05) is 17.2 Å². The molecule has 1 heterocycles. The Morgan fingerprint density at radius 1 is 1.25 bits per heavy atom. The molecule has 0 atom stereocenters. The Labute approximate surface area is 115 Å². The highest BCUT2D eigenvalue weighted by molar-refractivity contribution is 8.00. The van der Waals surface area contributed by atoms with Gasteiger partial charge in [-0.2, -0.15) is 13.2 Å². The van der Waals surface area contributed by atoms with Crippen molar-refractivity contribution in [1.82, 2.24) is 0 Å². The summed E-state index contributed by atoms with van der Waals surface area (Å²) in [5, 5.41) is 0. The summed E-state index contributed by atoms with van der Waals surface area (Å²) < 4.78 is 49.4. The van der Waals surface area contributed by atoms with Crippen molar-refractivity contribution in [3.63, 3.8) is 0 Å². The highest BCUT2D eigenvalue weighted by Gasteiger charge is 2.38. The van der Waals surface area contributed by atoms with Crippen LogP contribution in [0.1, 0.15) is 15.9 Å². The molecule has 0 saturated heterocycles. The monoisotopic (exact) mass is 307 g/mol. The molecule has 0 aliphatic carbocycles. The van der Waals surface area contributed by atoms with Crippen LogP contribution in [0.25, 0.3) is 0 Å². The molecule has 1 aliphatic rings. The van der Waals surface area contributed by atoms with Gasteiger partial charge in [0.05, 0.1) is 11.3 Å². The van der Waals surface area contributed by atoms with Crippen LogP contribution in [-0.2, 0) is 4.79 Å². The molecule has 0 spiro atoms. The number of hydrogen-bond donors (Lipinski definition) is 0. The number of carbonyl (C=O) groups is 2. The number of Topliss-reactive ketones (excluding diaryl/α,β-unsaturated/α-hetero) is 1. The second-order valence-corrected chi connectivity index (χ2v) is 5.36. The van der Waals surface area contributed by atoms with Crippen molar-refractivity contribution in [3.05, 3.63) is 29.1 Å². The van der Waals surface area contributed by atoms with Crippen LogP contribution in [0.4, 0.5) is 23.2 Å². The molecule has 20 heavy (non-hydrogen) atoms. The number of nitrogens with zero attached hydrogens (tertiary/aromatic N) is 1. The molecular formula is C12H9F4NO2S. The van der Waals surface area contributed by atoms with Crippen molar-refractivity contribution < 1.29 is 27.2 Å². The summed E-state index contributed by atoms with van der Waals surface area (Å²) in [6.45, 7) is 1.24. The summed E-state index contributed by atoms with van der Waals surface area (Å²) in [6, 6.07) is 2.06. The molecule has 0 saturated carbocycles. The lowest BCUT2D eigenvalue weighted by Gasteiger charge is -2.18. The van der Waals surface area contributed by atoms with Gasteiger partial charge < -0.3 is 4.90 Å². The van der Waals surface area contributed by atoms with Crippen LogP contribution >= 0.6 is 11.8 Å². The van der Waals surface area contributed by atoms with Gasteiger partial charge in [-0.3, -0.25) is 9.59 Å². The quantitative estimate of drug-likeness (QED) is 0.636. The van der Waals surface area contributed by atoms with E-state index in [9.17, 15) is 27.2 Å². The molecule has 0 radical (unpaired) electrons. The number of fused-ring (bicyclic) bond motifs is 1. The Hall–Kier alpha value is -1.57. The number of ketones is 1. The number of carbonyl (C=O) groups excluding carboxylic acids is 2. The number of benzene rings is 1. The minimum absolute atomic E-state index is 0.0930. The lowest BCUT2D eigenvalue weighted by atomic mass is 10.1. The van der Waals surface area contributed by atoms with E-state index in [1.165, 1.54) is 6.92 Å². The highest BCUT2D eigenvalue weighted by Crippen LogP contribution is 2.35. The Kier molecular flexibility index (Phi) is 3.77. The van der Waals surface area contributed by atoms with Crippen LogP contribution in [0, 0.1) is 12.7 Å². The maximum atomic E-state index is 13.2. The molecule has 1 aromatic carbocycles. The van der Waals surface area contributed by atoms with Gasteiger partial charge in [-0.25, -0.2) is 4.39 Å². The van der Waals surface area contributed by atoms with Gasteiger partial charge in [0, 0.05) is 12.3 Å². The number of aryl methyl sites for hydroxylation is 1. The van der Waals surface area contributed by atoms with Gasteiger partial charge in [0.2, 0.25) is 0 Å². The summed E-state index contributed by atoms with van der Waals surface area (Å²) in [5.41, 5.74) is -3.95. The second-order valence-electron chi connectivity index (χ2n) is 4.20. The Morgan fingerprint density at radius 2 is 1.90 bits per heavy atom. The minimum Gasteiger partial charge on any atom is -0.304 e. The zero-order valence-electron chi connectivity index (χ0n) is 10.3. The zero-order chi connectivity index (χ0) is 15.1. The molecule has 2 rings (SSSR count). The third kappa shape index (κ3) is 2.79. The molecule has 0 bridgehead atoms. The predicted octanol–water partition coefficient (Wildman–Crippen LogP) is 2.92. The normalized spacial score (nSPS) is 14.9. The van der Waals surface area contributed by atoms with E-state index < -0.39 is 28.8 Å².